The average Bonchev–Trinajstić information content (AvgIpc) is 3.06. The maximum absolute atomic E-state index is 12.7. The molecule has 4 nitrogen and oxygen atoms in total. The zero-order valence-electron chi connectivity index (χ0n) is 13.0. The second kappa shape index (κ2) is 6.68. The van der Waals surface area contributed by atoms with Gasteiger partial charge in [0.25, 0.3) is 0 Å². The van der Waals surface area contributed by atoms with Gasteiger partial charge in [0.15, 0.2) is 17.8 Å². The Kier molecular flexibility index (Phi) is 4.59. The second-order valence-electron chi connectivity index (χ2n) is 5.64. The first-order valence-electron chi connectivity index (χ1n) is 7.56. The van der Waals surface area contributed by atoms with Crippen LogP contribution in [0.1, 0.15) is 40.4 Å². The number of ketones is 1. The van der Waals surface area contributed by atoms with Crippen LogP contribution in [0.4, 0.5) is 13.2 Å². The zero-order chi connectivity index (χ0) is 18.0. The van der Waals surface area contributed by atoms with Gasteiger partial charge in [-0.05, 0) is 42.3 Å². The molecule has 0 aliphatic rings. The molecule has 0 aliphatic heterocycles. The van der Waals surface area contributed by atoms with Crippen LogP contribution < -0.4 is 0 Å². The van der Waals surface area contributed by atoms with E-state index < -0.39 is 17.8 Å². The molecule has 1 unspecified atom stereocenters. The number of halogens is 3. The largest absolute Gasteiger partial charge is 0.443 e. The Morgan fingerprint density at radius 2 is 2.00 bits per heavy atom. The lowest BCUT2D eigenvalue weighted by atomic mass is 9.99. The average molecular weight is 349 g/mol. The number of aliphatic hydroxyl groups is 1. The molecule has 25 heavy (non-hydrogen) atoms. The summed E-state index contributed by atoms with van der Waals surface area (Å²) in [6, 6.07) is 9.28. The van der Waals surface area contributed by atoms with Gasteiger partial charge in [-0.15, -0.1) is 0 Å². The highest BCUT2D eigenvalue weighted by Gasteiger charge is 2.30. The minimum absolute atomic E-state index is 0.000764. The van der Waals surface area contributed by atoms with Crippen LogP contribution in [-0.4, -0.2) is 15.9 Å². The third kappa shape index (κ3) is 3.88. The first-order chi connectivity index (χ1) is 11.8. The van der Waals surface area contributed by atoms with Gasteiger partial charge in [0.2, 0.25) is 0 Å². The van der Waals surface area contributed by atoms with E-state index in [4.69, 9.17) is 4.42 Å². The summed E-state index contributed by atoms with van der Waals surface area (Å²) in [7, 11) is 0. The van der Waals surface area contributed by atoms with Crippen LogP contribution in [-0.2, 0) is 6.18 Å². The molecule has 7 heteroatoms. The van der Waals surface area contributed by atoms with Gasteiger partial charge >= 0.3 is 6.18 Å². The fourth-order valence-corrected chi connectivity index (χ4v) is 2.53. The van der Waals surface area contributed by atoms with E-state index in [-0.39, 0.29) is 24.2 Å². The number of Topliss-reactive ketones (excluding diaryl/α,β-unsaturated/α-hetero) is 1. The number of carbonyl (C=O) groups excluding carboxylic acids is 1. The maximum Gasteiger partial charge on any atom is 0.416 e. The molecule has 2 aromatic carbocycles. The summed E-state index contributed by atoms with van der Waals surface area (Å²) in [6.45, 7) is 0. The maximum atomic E-state index is 12.7. The van der Waals surface area contributed by atoms with Gasteiger partial charge in [-0.1, -0.05) is 12.1 Å². The number of fused-ring (bicyclic) bond motifs is 1. The number of aliphatic hydroxyl groups excluding tert-OH is 1. The van der Waals surface area contributed by atoms with E-state index in [0.29, 0.717) is 16.7 Å². The van der Waals surface area contributed by atoms with Gasteiger partial charge < -0.3 is 9.52 Å². The molecule has 0 amide bonds. The molecule has 1 atom stereocenters. The molecule has 1 N–H and O–H groups in total. The van der Waals surface area contributed by atoms with Crippen molar-refractivity contribution in [1.82, 2.24) is 4.98 Å². The fraction of sp³-hybridized carbons (Fsp3) is 0.222. The first kappa shape index (κ1) is 17.2. The molecule has 0 fully saturated rings. The van der Waals surface area contributed by atoms with Crippen molar-refractivity contribution >= 4 is 16.9 Å². The highest BCUT2D eigenvalue weighted by Crippen LogP contribution is 2.31. The topological polar surface area (TPSA) is 63.3 Å². The SMILES string of the molecule is O=C(CCC(O)c1cccc(C(F)(F)F)c1)c1ccc2ocnc2c1. The van der Waals surface area contributed by atoms with E-state index in [1.807, 2.05) is 0 Å². The molecule has 0 radical (unpaired) electrons. The molecular formula is C18H14F3NO3. The van der Waals surface area contributed by atoms with Crippen LogP contribution in [0.15, 0.2) is 53.3 Å². The standard InChI is InChI=1S/C18H14F3NO3/c19-18(20,21)13-3-1-2-11(8-13)15(23)5-6-16(24)12-4-7-17-14(9-12)22-10-25-17/h1-4,7-10,15,23H,5-6H2. The predicted octanol–water partition coefficient (Wildman–Crippen LogP) is 4.54. The second-order valence-corrected chi connectivity index (χ2v) is 5.64. The van der Waals surface area contributed by atoms with Crippen molar-refractivity contribution in [3.05, 3.63) is 65.5 Å². The van der Waals surface area contributed by atoms with Gasteiger partial charge in [-0.3, -0.25) is 4.79 Å². The first-order valence-corrected chi connectivity index (χ1v) is 7.56. The number of carbonyl (C=O) groups is 1. The minimum Gasteiger partial charge on any atom is -0.443 e. The number of nitrogens with zero attached hydrogens (tertiary/aromatic N) is 1. The monoisotopic (exact) mass is 349 g/mol. The van der Waals surface area contributed by atoms with Gasteiger partial charge in [0, 0.05) is 12.0 Å². The number of benzene rings is 2. The third-order valence-electron chi connectivity index (χ3n) is 3.90. The quantitative estimate of drug-likeness (QED) is 0.687. The van der Waals surface area contributed by atoms with Gasteiger partial charge in [0.05, 0.1) is 11.7 Å². The van der Waals surface area contributed by atoms with E-state index in [9.17, 15) is 23.1 Å². The highest BCUT2D eigenvalue weighted by atomic mass is 19.4. The Morgan fingerprint density at radius 3 is 2.76 bits per heavy atom. The van der Waals surface area contributed by atoms with Gasteiger partial charge in [-0.25, -0.2) is 4.98 Å². The van der Waals surface area contributed by atoms with Crippen molar-refractivity contribution in [2.45, 2.75) is 25.1 Å². The molecular weight excluding hydrogens is 335 g/mol. The van der Waals surface area contributed by atoms with Crippen molar-refractivity contribution in [3.8, 4) is 0 Å². The van der Waals surface area contributed by atoms with Crippen LogP contribution in [0.25, 0.3) is 11.1 Å². The lowest BCUT2D eigenvalue weighted by Crippen LogP contribution is -2.08. The number of aromatic nitrogens is 1. The molecule has 0 saturated heterocycles. The molecule has 130 valence electrons. The summed E-state index contributed by atoms with van der Waals surface area (Å²) < 4.78 is 43.2. The number of hydrogen-bond acceptors (Lipinski definition) is 4. The lowest BCUT2D eigenvalue weighted by Gasteiger charge is -2.13. The summed E-state index contributed by atoms with van der Waals surface area (Å²) in [4.78, 5) is 16.2. The number of alkyl halides is 3. The predicted molar refractivity (Wildman–Crippen MR) is 84.0 cm³/mol. The summed E-state index contributed by atoms with van der Waals surface area (Å²) in [5.41, 5.74) is 0.823. The van der Waals surface area contributed by atoms with E-state index in [2.05, 4.69) is 4.98 Å². The Bertz CT molecular complexity index is 902. The van der Waals surface area contributed by atoms with Gasteiger partial charge in [0.1, 0.15) is 5.52 Å². The molecule has 1 heterocycles. The van der Waals surface area contributed by atoms with E-state index in [0.717, 1.165) is 12.1 Å². The molecule has 1 aromatic heterocycles. The molecule has 0 saturated carbocycles. The molecule has 3 rings (SSSR count). The normalized spacial score (nSPS) is 13.1. The van der Waals surface area contributed by atoms with Crippen molar-refractivity contribution in [2.24, 2.45) is 0 Å². The van der Waals surface area contributed by atoms with Crippen molar-refractivity contribution < 1.29 is 27.5 Å². The van der Waals surface area contributed by atoms with Crippen molar-refractivity contribution in [1.29, 1.82) is 0 Å². The van der Waals surface area contributed by atoms with Crippen LogP contribution in [0.5, 0.6) is 0 Å². The molecule has 0 spiro atoms. The summed E-state index contributed by atoms with van der Waals surface area (Å²) >= 11 is 0. The van der Waals surface area contributed by atoms with Crippen LogP contribution in [0.2, 0.25) is 0 Å². The molecule has 3 aromatic rings. The minimum atomic E-state index is -4.47. The fourth-order valence-electron chi connectivity index (χ4n) is 2.53. The smallest absolute Gasteiger partial charge is 0.416 e. The highest BCUT2D eigenvalue weighted by molar-refractivity contribution is 5.98. The van der Waals surface area contributed by atoms with Crippen molar-refractivity contribution in [3.63, 3.8) is 0 Å². The number of rotatable bonds is 5. The Balaban J connectivity index is 1.67. The molecule has 0 bridgehead atoms. The lowest BCUT2D eigenvalue weighted by molar-refractivity contribution is -0.137. The van der Waals surface area contributed by atoms with E-state index in [1.165, 1.54) is 18.5 Å². The molecule has 0 aliphatic carbocycles. The Hall–Kier alpha value is -2.67. The van der Waals surface area contributed by atoms with Crippen LogP contribution in [0.3, 0.4) is 0 Å². The zero-order valence-corrected chi connectivity index (χ0v) is 13.0. The Labute approximate surface area is 140 Å². The van der Waals surface area contributed by atoms with Crippen LogP contribution >= 0.6 is 0 Å². The van der Waals surface area contributed by atoms with Gasteiger partial charge in [-0.2, -0.15) is 13.2 Å². The third-order valence-corrected chi connectivity index (χ3v) is 3.90. The summed E-state index contributed by atoms with van der Waals surface area (Å²) in [5, 5.41) is 10.1. The number of hydrogen-bond donors (Lipinski definition) is 1. The summed E-state index contributed by atoms with van der Waals surface area (Å²) in [6.07, 6.45) is -4.32. The van der Waals surface area contributed by atoms with E-state index in [1.54, 1.807) is 18.2 Å². The summed E-state index contributed by atoms with van der Waals surface area (Å²) in [5.74, 6) is -0.226. The van der Waals surface area contributed by atoms with Crippen molar-refractivity contribution in [2.75, 3.05) is 0 Å². The number of oxazole rings is 1. The Morgan fingerprint density at radius 1 is 1.20 bits per heavy atom. The van der Waals surface area contributed by atoms with Crippen LogP contribution in [0, 0.1) is 0 Å². The van der Waals surface area contributed by atoms with E-state index >= 15 is 0 Å².